The molecule has 3 N–H and O–H groups in total. The van der Waals surface area contributed by atoms with Crippen LogP contribution in [0.15, 0.2) is 30.2 Å². The third kappa shape index (κ3) is 1.78. The van der Waals surface area contributed by atoms with Crippen molar-refractivity contribution >= 4 is 5.97 Å². The summed E-state index contributed by atoms with van der Waals surface area (Å²) in [4.78, 5) is 10.7. The molecular weight excluding hydrogens is 142 g/mol. The van der Waals surface area contributed by atoms with E-state index in [1.807, 2.05) is 0 Å². The first-order valence-electron chi connectivity index (χ1n) is 5.34. The molecule has 0 unspecified atom stereocenters. The normalized spacial score (nSPS) is 18.8. The lowest BCUT2D eigenvalue weighted by molar-refractivity contribution is -0.138. The quantitative estimate of drug-likeness (QED) is 0.664. The zero-order chi connectivity index (χ0) is 12.6. The van der Waals surface area contributed by atoms with Crippen LogP contribution >= 0.6 is 0 Å². The summed E-state index contributed by atoms with van der Waals surface area (Å²) in [6, 6.07) is -4.55. The van der Waals surface area contributed by atoms with E-state index in [0.717, 1.165) is 0 Å². The molecule has 1 rings (SSSR count). The number of carbonyl (C=O) groups is 1. The van der Waals surface area contributed by atoms with Crippen LogP contribution in [0.1, 0.15) is 18.5 Å². The highest BCUT2D eigenvalue weighted by atomic mass is 16.4. The summed E-state index contributed by atoms with van der Waals surface area (Å²) in [7, 11) is 0. The first-order valence-corrected chi connectivity index (χ1v) is 2.84. The Bertz CT molecular complexity index is 433. The van der Waals surface area contributed by atoms with Crippen molar-refractivity contribution in [3.63, 3.8) is 0 Å². The van der Waals surface area contributed by atoms with E-state index in [9.17, 15) is 4.79 Å². The Morgan fingerprint density at radius 2 is 2.09 bits per heavy atom. The third-order valence-corrected chi connectivity index (χ3v) is 1.10. The van der Waals surface area contributed by atoms with Crippen LogP contribution in [-0.4, -0.2) is 11.1 Å². The molecule has 0 aliphatic heterocycles. The lowest BCUT2D eigenvalue weighted by atomic mass is 10.1. The molecule has 3 heteroatoms. The maximum Gasteiger partial charge on any atom is 0.325 e. The minimum Gasteiger partial charge on any atom is -0.480 e. The van der Waals surface area contributed by atoms with Gasteiger partial charge in [0.1, 0.15) is 6.04 Å². The van der Waals surface area contributed by atoms with Gasteiger partial charge in [-0.3, -0.25) is 4.79 Å². The summed E-state index contributed by atoms with van der Waals surface area (Å²) >= 11 is 0. The summed E-state index contributed by atoms with van der Waals surface area (Å²) < 4.78 is 36.8. The van der Waals surface area contributed by atoms with Gasteiger partial charge < -0.3 is 10.8 Å². The molecular formula is C8H9NO2. The number of carboxylic acids is 1. The number of benzene rings is 1. The molecule has 1 aromatic rings. The Labute approximate surface area is 71.5 Å². The summed E-state index contributed by atoms with van der Waals surface area (Å²) in [5.74, 6) is -1.45. The van der Waals surface area contributed by atoms with Gasteiger partial charge in [0, 0.05) is 0 Å². The molecule has 0 saturated heterocycles. The van der Waals surface area contributed by atoms with E-state index < -0.39 is 47.8 Å². The van der Waals surface area contributed by atoms with Gasteiger partial charge in [-0.1, -0.05) is 30.2 Å². The van der Waals surface area contributed by atoms with Gasteiger partial charge in [-0.15, -0.1) is 0 Å². The van der Waals surface area contributed by atoms with Crippen molar-refractivity contribution in [2.75, 3.05) is 0 Å². The minimum absolute atomic E-state index is 0.404. The minimum atomic E-state index is -1.63. The Balaban J connectivity index is 3.57. The molecule has 0 aliphatic rings. The average molecular weight is 156 g/mol. The number of nitrogens with two attached hydrogens (primary N) is 1. The third-order valence-electron chi connectivity index (χ3n) is 1.10. The summed E-state index contributed by atoms with van der Waals surface area (Å²) in [6.07, 6.45) is 0. The Morgan fingerprint density at radius 3 is 2.55 bits per heavy atom. The van der Waals surface area contributed by atoms with E-state index >= 15 is 0 Å². The fourth-order valence-corrected chi connectivity index (χ4v) is 0.539. The molecule has 0 fully saturated rings. The molecule has 0 aromatic heterocycles. The van der Waals surface area contributed by atoms with E-state index in [4.69, 9.17) is 17.7 Å². The SMILES string of the molecule is [2H]c1c([2H])c([2H])c([C@@H](N)C(=O)O)c([2H])c1[2H]. The van der Waals surface area contributed by atoms with Crippen molar-refractivity contribution in [1.29, 1.82) is 0 Å². The lowest BCUT2D eigenvalue weighted by Gasteiger charge is -2.04. The molecule has 0 spiro atoms. The van der Waals surface area contributed by atoms with Gasteiger partial charge in [-0.25, -0.2) is 0 Å². The van der Waals surface area contributed by atoms with Crippen molar-refractivity contribution in [2.45, 2.75) is 6.04 Å². The molecule has 0 saturated carbocycles. The number of hydrogen-bond donors (Lipinski definition) is 2. The van der Waals surface area contributed by atoms with Crippen molar-refractivity contribution < 1.29 is 16.8 Å². The average Bonchev–Trinajstić information content (AvgIpc) is 2.23. The predicted molar refractivity (Wildman–Crippen MR) is 41.0 cm³/mol. The number of rotatable bonds is 2. The number of aliphatic carboxylic acids is 1. The zero-order valence-electron chi connectivity index (χ0n) is 10.5. The maximum atomic E-state index is 10.7. The van der Waals surface area contributed by atoms with E-state index in [0.29, 0.717) is 0 Å². The van der Waals surface area contributed by atoms with Crippen LogP contribution < -0.4 is 5.73 Å². The second-order valence-electron chi connectivity index (χ2n) is 1.85. The van der Waals surface area contributed by atoms with E-state index in [1.165, 1.54) is 0 Å². The van der Waals surface area contributed by atoms with Crippen LogP contribution in [0.5, 0.6) is 0 Å². The van der Waals surface area contributed by atoms with E-state index in [1.54, 1.807) is 0 Å². The first-order chi connectivity index (χ1) is 7.29. The fourth-order valence-electron chi connectivity index (χ4n) is 0.539. The summed E-state index contributed by atoms with van der Waals surface area (Å²) in [5, 5.41) is 8.67. The van der Waals surface area contributed by atoms with Gasteiger partial charge in [0.05, 0.1) is 6.85 Å². The first kappa shape index (κ1) is 3.36. The van der Waals surface area contributed by atoms with Gasteiger partial charge in [-0.05, 0) is 5.56 Å². The van der Waals surface area contributed by atoms with E-state index in [2.05, 4.69) is 0 Å². The molecule has 0 bridgehead atoms. The number of carboxylic acid groups (broad SMARTS) is 1. The van der Waals surface area contributed by atoms with Crippen molar-refractivity contribution in [2.24, 2.45) is 5.73 Å². The topological polar surface area (TPSA) is 63.3 Å². The summed E-state index contributed by atoms with van der Waals surface area (Å²) in [5.41, 5.74) is 4.86. The van der Waals surface area contributed by atoms with Crippen LogP contribution in [-0.2, 0) is 4.79 Å². The van der Waals surface area contributed by atoms with Crippen molar-refractivity contribution in [1.82, 2.24) is 0 Å². The highest BCUT2D eigenvalue weighted by Crippen LogP contribution is 2.08. The second-order valence-corrected chi connectivity index (χ2v) is 1.85. The van der Waals surface area contributed by atoms with Crippen molar-refractivity contribution in [3.8, 4) is 0 Å². The molecule has 0 aliphatic carbocycles. The zero-order valence-corrected chi connectivity index (χ0v) is 5.51. The lowest BCUT2D eigenvalue weighted by Crippen LogP contribution is -2.20. The van der Waals surface area contributed by atoms with Crippen LogP contribution in [0.25, 0.3) is 0 Å². The molecule has 1 aromatic carbocycles. The second kappa shape index (κ2) is 3.16. The Morgan fingerprint density at radius 1 is 1.55 bits per heavy atom. The molecule has 58 valence electrons. The van der Waals surface area contributed by atoms with Gasteiger partial charge >= 0.3 is 5.97 Å². The monoisotopic (exact) mass is 156 g/mol. The van der Waals surface area contributed by atoms with Crippen molar-refractivity contribution in [3.05, 3.63) is 35.8 Å². The van der Waals surface area contributed by atoms with Gasteiger partial charge in [0.15, 0.2) is 0 Å². The predicted octanol–water partition coefficient (Wildman–Crippen LogP) is 0.771. The Hall–Kier alpha value is -1.35. The van der Waals surface area contributed by atoms with E-state index in [-0.39, 0.29) is 0 Å². The van der Waals surface area contributed by atoms with Crippen LogP contribution in [0.2, 0.25) is 0 Å². The maximum absolute atomic E-state index is 10.7. The molecule has 3 nitrogen and oxygen atoms in total. The van der Waals surface area contributed by atoms with Crippen LogP contribution in [0.3, 0.4) is 0 Å². The molecule has 1 atom stereocenters. The fraction of sp³-hybridized carbons (Fsp3) is 0.125. The molecule has 0 heterocycles. The highest BCUT2D eigenvalue weighted by Gasteiger charge is 2.12. The molecule has 0 amide bonds. The summed E-state index contributed by atoms with van der Waals surface area (Å²) in [6.45, 7) is 0. The Kier molecular flexibility index (Phi) is 0.967. The standard InChI is InChI=1S/C8H9NO2/c9-7(8(10)11)6-4-2-1-3-5-6/h1-5,7H,9H2,(H,10,11)/t7-/m1/s1/i1D,2D,3D,4D,5D. The van der Waals surface area contributed by atoms with Gasteiger partial charge in [0.25, 0.3) is 0 Å². The highest BCUT2D eigenvalue weighted by molar-refractivity contribution is 5.75. The van der Waals surface area contributed by atoms with Gasteiger partial charge in [0.2, 0.25) is 0 Å². The molecule has 0 radical (unpaired) electrons. The molecule has 11 heavy (non-hydrogen) atoms. The van der Waals surface area contributed by atoms with Crippen LogP contribution in [0.4, 0.5) is 0 Å². The number of hydrogen-bond acceptors (Lipinski definition) is 2. The van der Waals surface area contributed by atoms with Gasteiger partial charge in [-0.2, -0.15) is 0 Å². The smallest absolute Gasteiger partial charge is 0.325 e. The van der Waals surface area contributed by atoms with Crippen LogP contribution in [0, 0.1) is 0 Å². The largest absolute Gasteiger partial charge is 0.480 e.